The molecule has 1 aliphatic rings. The van der Waals surface area contributed by atoms with E-state index in [-0.39, 0.29) is 0 Å². The second kappa shape index (κ2) is 5.74. The van der Waals surface area contributed by atoms with Crippen LogP contribution in [0, 0.1) is 6.92 Å². The van der Waals surface area contributed by atoms with Crippen molar-refractivity contribution in [3.63, 3.8) is 0 Å². The van der Waals surface area contributed by atoms with Crippen molar-refractivity contribution in [2.75, 3.05) is 0 Å². The van der Waals surface area contributed by atoms with E-state index in [1.807, 2.05) is 0 Å². The van der Waals surface area contributed by atoms with Crippen molar-refractivity contribution >= 4 is 21.5 Å². The highest BCUT2D eigenvalue weighted by atomic mass is 14.3. The van der Waals surface area contributed by atoms with Gasteiger partial charge in [-0.15, -0.1) is 0 Å². The molecule has 1 fully saturated rings. The van der Waals surface area contributed by atoms with E-state index in [1.54, 1.807) is 5.56 Å². The lowest BCUT2D eigenvalue weighted by Gasteiger charge is -2.29. The van der Waals surface area contributed by atoms with Gasteiger partial charge in [0.2, 0.25) is 0 Å². The summed E-state index contributed by atoms with van der Waals surface area (Å²) < 4.78 is 0. The average molecular weight is 322 g/mol. The zero-order valence-electron chi connectivity index (χ0n) is 14.6. The summed E-state index contributed by atoms with van der Waals surface area (Å²) in [5.41, 5.74) is 5.81. The maximum absolute atomic E-state index is 2.39. The first-order valence-corrected chi connectivity index (χ1v) is 9.33. The molecule has 0 saturated heterocycles. The molecule has 25 heavy (non-hydrogen) atoms. The molecule has 5 rings (SSSR count). The van der Waals surface area contributed by atoms with E-state index in [4.69, 9.17) is 0 Å². The van der Waals surface area contributed by atoms with E-state index in [1.165, 1.54) is 57.5 Å². The zero-order valence-corrected chi connectivity index (χ0v) is 14.6. The Hall–Kier alpha value is -2.60. The molecular weight excluding hydrogens is 300 g/mol. The molecular formula is C25H22. The molecule has 122 valence electrons. The molecule has 0 aromatic heterocycles. The van der Waals surface area contributed by atoms with Gasteiger partial charge in [0.15, 0.2) is 0 Å². The van der Waals surface area contributed by atoms with E-state index >= 15 is 0 Å². The lowest BCUT2D eigenvalue weighted by Crippen LogP contribution is -2.10. The van der Waals surface area contributed by atoms with Crippen molar-refractivity contribution < 1.29 is 0 Å². The molecule has 0 heterocycles. The van der Waals surface area contributed by atoms with E-state index in [0.29, 0.717) is 0 Å². The fraction of sp³-hybridized carbons (Fsp3) is 0.200. The smallest absolute Gasteiger partial charge is 0.00616 e. The summed E-state index contributed by atoms with van der Waals surface area (Å²) >= 11 is 0. The second-order valence-electron chi connectivity index (χ2n) is 7.36. The van der Waals surface area contributed by atoms with Gasteiger partial charge in [0.1, 0.15) is 0 Å². The lowest BCUT2D eigenvalue weighted by atomic mass is 9.75. The van der Waals surface area contributed by atoms with Crippen LogP contribution >= 0.6 is 0 Å². The summed E-state index contributed by atoms with van der Waals surface area (Å²) in [6.45, 7) is 2.26. The fourth-order valence-corrected chi connectivity index (χ4v) is 4.34. The highest BCUT2D eigenvalue weighted by molar-refractivity contribution is 6.07. The number of benzene rings is 4. The maximum Gasteiger partial charge on any atom is -0.00616 e. The minimum absolute atomic E-state index is 0.720. The molecule has 1 saturated carbocycles. The minimum Gasteiger partial charge on any atom is -0.0616 e. The van der Waals surface area contributed by atoms with Crippen LogP contribution in [0.15, 0.2) is 72.8 Å². The lowest BCUT2D eigenvalue weighted by molar-refractivity contribution is 0.421. The van der Waals surface area contributed by atoms with Gasteiger partial charge < -0.3 is 0 Å². The Kier molecular flexibility index (Phi) is 3.38. The van der Waals surface area contributed by atoms with Gasteiger partial charge in [-0.2, -0.15) is 0 Å². The van der Waals surface area contributed by atoms with Crippen LogP contribution in [0.5, 0.6) is 0 Å². The van der Waals surface area contributed by atoms with Crippen molar-refractivity contribution in [2.24, 2.45) is 0 Å². The van der Waals surface area contributed by atoms with E-state index in [0.717, 1.165) is 5.92 Å². The summed E-state index contributed by atoms with van der Waals surface area (Å²) in [7, 11) is 0. The van der Waals surface area contributed by atoms with Gasteiger partial charge in [-0.05, 0) is 69.5 Å². The molecule has 0 bridgehead atoms. The Balaban J connectivity index is 1.93. The van der Waals surface area contributed by atoms with Crippen LogP contribution in [0.3, 0.4) is 0 Å². The van der Waals surface area contributed by atoms with Crippen molar-refractivity contribution in [1.29, 1.82) is 0 Å². The van der Waals surface area contributed by atoms with Gasteiger partial charge in [-0.1, -0.05) is 79.2 Å². The molecule has 0 radical (unpaired) electrons. The van der Waals surface area contributed by atoms with Crippen molar-refractivity contribution in [1.82, 2.24) is 0 Å². The molecule has 0 aliphatic heterocycles. The van der Waals surface area contributed by atoms with Crippen LogP contribution in [0.2, 0.25) is 0 Å². The topological polar surface area (TPSA) is 0 Å². The Labute approximate surface area is 149 Å². The molecule has 0 unspecified atom stereocenters. The van der Waals surface area contributed by atoms with Crippen LogP contribution in [0.25, 0.3) is 32.7 Å². The third-order valence-corrected chi connectivity index (χ3v) is 5.89. The Bertz CT molecular complexity index is 1080. The molecule has 0 N–H and O–H groups in total. The maximum atomic E-state index is 2.39. The van der Waals surface area contributed by atoms with Gasteiger partial charge >= 0.3 is 0 Å². The molecule has 4 aromatic carbocycles. The highest BCUT2D eigenvalue weighted by Gasteiger charge is 2.25. The summed E-state index contributed by atoms with van der Waals surface area (Å²) in [6, 6.07) is 26.9. The largest absolute Gasteiger partial charge is 0.0616 e. The summed E-state index contributed by atoms with van der Waals surface area (Å²) in [4.78, 5) is 0. The third-order valence-electron chi connectivity index (χ3n) is 5.89. The zero-order chi connectivity index (χ0) is 16.8. The molecule has 0 atom stereocenters. The van der Waals surface area contributed by atoms with Crippen molar-refractivity contribution in [2.45, 2.75) is 32.1 Å². The molecule has 0 nitrogen and oxygen atoms in total. The average Bonchev–Trinajstić information content (AvgIpc) is 2.61. The first-order chi connectivity index (χ1) is 12.3. The minimum atomic E-state index is 0.720. The SMILES string of the molecule is Cc1ccc2ccccc2c1-c1c(C2CCC2)ccc2ccccc12. The van der Waals surface area contributed by atoms with Gasteiger partial charge in [0, 0.05) is 0 Å². The monoisotopic (exact) mass is 322 g/mol. The second-order valence-corrected chi connectivity index (χ2v) is 7.36. The molecule has 0 heteroatoms. The van der Waals surface area contributed by atoms with Crippen LogP contribution in [-0.4, -0.2) is 0 Å². The predicted octanol–water partition coefficient (Wildman–Crippen LogP) is 7.24. The van der Waals surface area contributed by atoms with E-state index < -0.39 is 0 Å². The Morgan fingerprint density at radius 1 is 0.640 bits per heavy atom. The first kappa shape index (κ1) is 14.7. The summed E-state index contributed by atoms with van der Waals surface area (Å²) in [5.74, 6) is 0.720. The number of aryl methyl sites for hydroxylation is 1. The summed E-state index contributed by atoms with van der Waals surface area (Å²) in [5, 5.41) is 5.44. The standard InChI is InChI=1S/C25H22/c1-17-13-14-19-7-2-4-11-21(19)24(17)25-22-12-5-3-8-20(22)15-16-23(25)18-9-6-10-18/h2-5,7-8,11-16,18H,6,9-10H2,1H3. The number of fused-ring (bicyclic) bond motifs is 2. The summed E-state index contributed by atoms with van der Waals surface area (Å²) in [6.07, 6.45) is 4.02. The number of rotatable bonds is 2. The fourth-order valence-electron chi connectivity index (χ4n) is 4.34. The van der Waals surface area contributed by atoms with Gasteiger partial charge in [0.25, 0.3) is 0 Å². The van der Waals surface area contributed by atoms with Crippen molar-refractivity contribution in [3.05, 3.63) is 83.9 Å². The van der Waals surface area contributed by atoms with Crippen LogP contribution < -0.4 is 0 Å². The third kappa shape index (κ3) is 2.28. The molecule has 0 spiro atoms. The van der Waals surface area contributed by atoms with Gasteiger partial charge in [-0.25, -0.2) is 0 Å². The molecule has 1 aliphatic carbocycles. The highest BCUT2D eigenvalue weighted by Crippen LogP contribution is 2.46. The van der Waals surface area contributed by atoms with E-state index in [9.17, 15) is 0 Å². The number of hydrogen-bond acceptors (Lipinski definition) is 0. The predicted molar refractivity (Wildman–Crippen MR) is 108 cm³/mol. The first-order valence-electron chi connectivity index (χ1n) is 9.33. The Morgan fingerprint density at radius 2 is 1.24 bits per heavy atom. The van der Waals surface area contributed by atoms with Crippen LogP contribution in [0.1, 0.15) is 36.3 Å². The quantitative estimate of drug-likeness (QED) is 0.365. The Morgan fingerprint density at radius 3 is 1.88 bits per heavy atom. The number of hydrogen-bond donors (Lipinski definition) is 0. The van der Waals surface area contributed by atoms with E-state index in [2.05, 4.69) is 79.7 Å². The molecule has 4 aromatic rings. The van der Waals surface area contributed by atoms with Gasteiger partial charge in [-0.3, -0.25) is 0 Å². The normalized spacial score (nSPS) is 14.8. The van der Waals surface area contributed by atoms with Crippen LogP contribution in [0.4, 0.5) is 0 Å². The van der Waals surface area contributed by atoms with Gasteiger partial charge in [0.05, 0.1) is 0 Å². The van der Waals surface area contributed by atoms with Crippen molar-refractivity contribution in [3.8, 4) is 11.1 Å². The van der Waals surface area contributed by atoms with Crippen LogP contribution in [-0.2, 0) is 0 Å². The molecule has 0 amide bonds.